The fourth-order valence-electron chi connectivity index (χ4n) is 1.28. The lowest BCUT2D eigenvalue weighted by Crippen LogP contribution is -2.42. The summed E-state index contributed by atoms with van der Waals surface area (Å²) in [5.74, 6) is -1.82. The second kappa shape index (κ2) is 12.1. The molecule has 0 aromatic rings. The Morgan fingerprint density at radius 1 is 1.05 bits per heavy atom. The van der Waals surface area contributed by atoms with Crippen LogP contribution in [0, 0.1) is 0 Å². The van der Waals surface area contributed by atoms with E-state index in [0.717, 1.165) is 6.42 Å². The fourth-order valence-corrected chi connectivity index (χ4v) is 3.03. The van der Waals surface area contributed by atoms with Gasteiger partial charge in [-0.15, -0.1) is 0 Å². The van der Waals surface area contributed by atoms with Gasteiger partial charge in [0.15, 0.2) is 0 Å². The number of carboxylic acid groups (broad SMARTS) is 2. The molecule has 128 valence electrons. The zero-order chi connectivity index (χ0) is 17.8. The zero-order valence-corrected chi connectivity index (χ0v) is 14.8. The number of aliphatic carboxylic acids is 2. The summed E-state index contributed by atoms with van der Waals surface area (Å²) in [6, 6.07) is 0.680. The third kappa shape index (κ3) is 10.3. The third-order valence-electron chi connectivity index (χ3n) is 2.77. The Morgan fingerprint density at radius 2 is 1.45 bits per heavy atom. The topological polar surface area (TPSA) is 102 Å². The van der Waals surface area contributed by atoms with Gasteiger partial charge in [-0.2, -0.15) is 0 Å². The van der Waals surface area contributed by atoms with E-state index in [2.05, 4.69) is 6.58 Å². The number of hydrogen-bond acceptors (Lipinski definition) is 5. The molecule has 0 fully saturated rings. The van der Waals surface area contributed by atoms with Crippen LogP contribution < -0.4 is 0 Å². The molecule has 0 bridgehead atoms. The van der Waals surface area contributed by atoms with Crippen LogP contribution in [-0.2, 0) is 22.9 Å². The van der Waals surface area contributed by atoms with Crippen LogP contribution in [0.5, 0.6) is 0 Å². The average Bonchev–Trinajstić information content (AvgIpc) is 2.48. The second-order valence-electron chi connectivity index (χ2n) is 4.47. The SMILES string of the molecule is C=C(C)C(=O)O.CO[Si](CCCC=C(C)C(=O)O)(OC)OC. The fraction of sp³-hybridized carbons (Fsp3) is 0.571. The van der Waals surface area contributed by atoms with Gasteiger partial charge in [0.05, 0.1) is 0 Å². The van der Waals surface area contributed by atoms with Gasteiger partial charge in [-0.25, -0.2) is 9.59 Å². The Bertz CT molecular complexity index is 380. The minimum atomic E-state index is -2.49. The van der Waals surface area contributed by atoms with Crippen LogP contribution in [0.25, 0.3) is 0 Å². The number of carboxylic acids is 2. The van der Waals surface area contributed by atoms with Gasteiger partial charge in [0.2, 0.25) is 0 Å². The summed E-state index contributed by atoms with van der Waals surface area (Å²) < 4.78 is 15.7. The highest BCUT2D eigenvalue weighted by atomic mass is 28.4. The number of hydrogen-bond donors (Lipinski definition) is 2. The van der Waals surface area contributed by atoms with Crippen LogP contribution >= 0.6 is 0 Å². The lowest BCUT2D eigenvalue weighted by Gasteiger charge is -2.23. The smallest absolute Gasteiger partial charge is 0.478 e. The molecule has 8 heteroatoms. The Balaban J connectivity index is 0. The molecule has 0 aliphatic rings. The van der Waals surface area contributed by atoms with Crippen molar-refractivity contribution in [1.82, 2.24) is 0 Å². The van der Waals surface area contributed by atoms with Gasteiger partial charge in [-0.05, 0) is 26.7 Å². The van der Waals surface area contributed by atoms with Crippen molar-refractivity contribution in [2.75, 3.05) is 21.3 Å². The molecule has 0 rings (SSSR count). The van der Waals surface area contributed by atoms with Gasteiger partial charge >= 0.3 is 20.7 Å². The van der Waals surface area contributed by atoms with Gasteiger partial charge < -0.3 is 23.5 Å². The van der Waals surface area contributed by atoms with E-state index in [-0.39, 0.29) is 5.57 Å². The van der Waals surface area contributed by atoms with Crippen molar-refractivity contribution in [3.63, 3.8) is 0 Å². The Kier molecular flexibility index (Phi) is 12.5. The van der Waals surface area contributed by atoms with Crippen molar-refractivity contribution in [3.05, 3.63) is 23.8 Å². The molecule has 0 aromatic heterocycles. The molecule has 7 nitrogen and oxygen atoms in total. The highest BCUT2D eigenvalue weighted by molar-refractivity contribution is 6.60. The molecule has 2 N–H and O–H groups in total. The van der Waals surface area contributed by atoms with Crippen LogP contribution in [0.1, 0.15) is 26.7 Å². The zero-order valence-electron chi connectivity index (χ0n) is 13.8. The standard InChI is InChI=1S/C10H20O5Si.C4H6O2/c1-9(10(11)12)7-5-6-8-16(13-2,14-3)15-4;1-3(2)4(5)6/h7H,5-6,8H2,1-4H3,(H,11,12);1H2,2H3,(H,5,6). The Morgan fingerprint density at radius 3 is 1.73 bits per heavy atom. The number of unbranched alkanes of at least 4 members (excludes halogenated alkanes) is 1. The van der Waals surface area contributed by atoms with E-state index in [9.17, 15) is 9.59 Å². The van der Waals surface area contributed by atoms with Crippen molar-refractivity contribution in [2.45, 2.75) is 32.7 Å². The summed E-state index contributed by atoms with van der Waals surface area (Å²) in [6.07, 6.45) is 3.16. The summed E-state index contributed by atoms with van der Waals surface area (Å²) in [7, 11) is 2.21. The van der Waals surface area contributed by atoms with Crippen molar-refractivity contribution < 1.29 is 33.1 Å². The van der Waals surface area contributed by atoms with Crippen molar-refractivity contribution in [1.29, 1.82) is 0 Å². The van der Waals surface area contributed by atoms with Crippen LogP contribution in [0.15, 0.2) is 23.8 Å². The normalized spacial score (nSPS) is 11.4. The monoisotopic (exact) mass is 334 g/mol. The van der Waals surface area contributed by atoms with Gasteiger partial charge in [0.1, 0.15) is 0 Å². The summed E-state index contributed by atoms with van der Waals surface area (Å²) >= 11 is 0. The molecule has 0 radical (unpaired) electrons. The van der Waals surface area contributed by atoms with E-state index in [4.69, 9.17) is 23.5 Å². The van der Waals surface area contributed by atoms with E-state index in [1.165, 1.54) is 6.92 Å². The van der Waals surface area contributed by atoms with Gasteiger partial charge in [0.25, 0.3) is 0 Å². The molecule has 0 aliphatic carbocycles. The first kappa shape index (κ1) is 22.8. The quantitative estimate of drug-likeness (QED) is 0.379. The van der Waals surface area contributed by atoms with Crippen molar-refractivity contribution >= 4 is 20.7 Å². The van der Waals surface area contributed by atoms with Crippen molar-refractivity contribution in [3.8, 4) is 0 Å². The molecule has 0 unspecified atom stereocenters. The molecular formula is C14H26O7Si. The first-order valence-corrected chi connectivity index (χ1v) is 8.53. The molecule has 0 aromatic carbocycles. The van der Waals surface area contributed by atoms with Crippen LogP contribution in [0.2, 0.25) is 6.04 Å². The highest BCUT2D eigenvalue weighted by Crippen LogP contribution is 2.16. The summed E-state index contributed by atoms with van der Waals surface area (Å²) in [6.45, 7) is 6.18. The maximum absolute atomic E-state index is 10.5. The Labute approximate surface area is 132 Å². The first-order chi connectivity index (χ1) is 10.2. The number of rotatable bonds is 9. The minimum Gasteiger partial charge on any atom is -0.478 e. The highest BCUT2D eigenvalue weighted by Gasteiger charge is 2.36. The number of carbonyl (C=O) groups is 2. The number of allylic oxidation sites excluding steroid dienone is 1. The van der Waals surface area contributed by atoms with E-state index in [1.807, 2.05) is 0 Å². The summed E-state index contributed by atoms with van der Waals surface area (Å²) in [5, 5.41) is 16.5. The lowest BCUT2D eigenvalue weighted by atomic mass is 10.2. The van der Waals surface area contributed by atoms with E-state index in [1.54, 1.807) is 34.3 Å². The third-order valence-corrected chi connectivity index (χ3v) is 5.61. The minimum absolute atomic E-state index is 0.176. The van der Waals surface area contributed by atoms with Gasteiger partial charge in [0, 0.05) is 38.5 Å². The van der Waals surface area contributed by atoms with Crippen molar-refractivity contribution in [2.24, 2.45) is 0 Å². The van der Waals surface area contributed by atoms with Crippen LogP contribution in [0.3, 0.4) is 0 Å². The van der Waals surface area contributed by atoms with Gasteiger partial charge in [-0.3, -0.25) is 0 Å². The predicted octanol–water partition coefficient (Wildman–Crippen LogP) is 2.32. The summed E-state index contributed by atoms with van der Waals surface area (Å²) in [5.41, 5.74) is 0.537. The van der Waals surface area contributed by atoms with Crippen LogP contribution in [-0.4, -0.2) is 52.3 Å². The largest absolute Gasteiger partial charge is 0.500 e. The van der Waals surface area contributed by atoms with E-state index < -0.39 is 20.7 Å². The second-order valence-corrected chi connectivity index (χ2v) is 7.56. The molecule has 0 saturated heterocycles. The molecule has 0 atom stereocenters. The molecule has 0 aliphatic heterocycles. The van der Waals surface area contributed by atoms with Gasteiger partial charge in [-0.1, -0.05) is 12.7 Å². The molecule has 0 saturated carbocycles. The lowest BCUT2D eigenvalue weighted by molar-refractivity contribution is -0.133. The maximum Gasteiger partial charge on any atom is 0.500 e. The van der Waals surface area contributed by atoms with Crippen LogP contribution in [0.4, 0.5) is 0 Å². The first-order valence-electron chi connectivity index (χ1n) is 6.60. The van der Waals surface area contributed by atoms with E-state index >= 15 is 0 Å². The predicted molar refractivity (Wildman–Crippen MR) is 84.7 cm³/mol. The molecule has 0 amide bonds. The Hall–Kier alpha value is -1.48. The summed E-state index contributed by atoms with van der Waals surface area (Å²) in [4.78, 5) is 20.1. The molecule has 0 spiro atoms. The molecule has 0 heterocycles. The molecular weight excluding hydrogens is 308 g/mol. The maximum atomic E-state index is 10.5. The molecule has 22 heavy (non-hydrogen) atoms. The van der Waals surface area contributed by atoms with E-state index in [0.29, 0.717) is 18.0 Å². The average molecular weight is 334 g/mol.